The average Bonchev–Trinajstić information content (AvgIpc) is 2.90. The van der Waals surface area contributed by atoms with E-state index >= 15 is 0 Å². The van der Waals surface area contributed by atoms with E-state index < -0.39 is 11.7 Å². The van der Waals surface area contributed by atoms with E-state index in [-0.39, 0.29) is 18.9 Å². The van der Waals surface area contributed by atoms with Crippen LogP contribution < -0.4 is 10.2 Å². The van der Waals surface area contributed by atoms with E-state index in [0.29, 0.717) is 22.9 Å². The Balaban J connectivity index is 1.60. The molecule has 1 aliphatic rings. The second kappa shape index (κ2) is 8.87. The number of nitrogens with zero attached hydrogens (tertiary/aromatic N) is 3. The summed E-state index contributed by atoms with van der Waals surface area (Å²) in [6.07, 6.45) is 2.52. The maximum atomic E-state index is 13.4. The molecular formula is C24H21FN4O2. The van der Waals surface area contributed by atoms with Gasteiger partial charge in [0.25, 0.3) is 0 Å². The fourth-order valence-electron chi connectivity index (χ4n) is 3.40. The first-order valence-electron chi connectivity index (χ1n) is 10.0. The van der Waals surface area contributed by atoms with Crippen LogP contribution in [0.2, 0.25) is 0 Å². The van der Waals surface area contributed by atoms with Crippen molar-refractivity contribution in [2.24, 2.45) is 4.99 Å². The van der Waals surface area contributed by atoms with Crippen LogP contribution in [0.3, 0.4) is 0 Å². The monoisotopic (exact) mass is 416 g/mol. The van der Waals surface area contributed by atoms with Gasteiger partial charge in [-0.1, -0.05) is 37.3 Å². The lowest BCUT2D eigenvalue weighted by Crippen LogP contribution is -2.39. The fourth-order valence-corrected chi connectivity index (χ4v) is 3.40. The highest BCUT2D eigenvalue weighted by molar-refractivity contribution is 6.18. The summed E-state index contributed by atoms with van der Waals surface area (Å²) in [7, 11) is 0. The quantitative estimate of drug-likeness (QED) is 0.675. The lowest BCUT2D eigenvalue weighted by atomic mass is 10.0. The first-order chi connectivity index (χ1) is 15.0. The van der Waals surface area contributed by atoms with E-state index in [2.05, 4.69) is 22.2 Å². The number of nitrogens with one attached hydrogen (secondary N) is 1. The summed E-state index contributed by atoms with van der Waals surface area (Å²) in [6, 6.07) is 17.0. The highest BCUT2D eigenvalue weighted by atomic mass is 19.1. The minimum Gasteiger partial charge on any atom is -0.324 e. The minimum atomic E-state index is -0.456. The first kappa shape index (κ1) is 20.4. The van der Waals surface area contributed by atoms with E-state index in [1.165, 1.54) is 28.7 Å². The van der Waals surface area contributed by atoms with Crippen molar-refractivity contribution in [2.45, 2.75) is 19.8 Å². The Morgan fingerprint density at radius 2 is 1.94 bits per heavy atom. The van der Waals surface area contributed by atoms with Crippen molar-refractivity contribution in [1.82, 2.24) is 4.98 Å². The Bertz CT molecular complexity index is 1160. The number of carbonyl (C=O) groups excluding carboxylic acids is 2. The molecule has 0 bridgehead atoms. The molecule has 0 aliphatic carbocycles. The summed E-state index contributed by atoms with van der Waals surface area (Å²) in [4.78, 5) is 36.0. The third-order valence-corrected chi connectivity index (χ3v) is 5.00. The van der Waals surface area contributed by atoms with Crippen molar-refractivity contribution in [3.05, 3.63) is 83.8 Å². The maximum absolute atomic E-state index is 13.4. The van der Waals surface area contributed by atoms with E-state index in [1.54, 1.807) is 24.4 Å². The predicted octanol–water partition coefficient (Wildman–Crippen LogP) is 4.28. The third-order valence-electron chi connectivity index (χ3n) is 5.00. The molecule has 0 atom stereocenters. The van der Waals surface area contributed by atoms with Gasteiger partial charge in [0.2, 0.25) is 11.8 Å². The Morgan fingerprint density at radius 3 is 2.68 bits per heavy atom. The van der Waals surface area contributed by atoms with Crippen LogP contribution in [-0.2, 0) is 16.0 Å². The molecule has 1 aromatic heterocycles. The van der Waals surface area contributed by atoms with Gasteiger partial charge >= 0.3 is 0 Å². The number of aliphatic imine (C=N–C) groups is 1. The molecule has 2 amide bonds. The Morgan fingerprint density at radius 1 is 1.13 bits per heavy atom. The standard InChI is InChI=1S/C24H21FN4O2/c1-2-16-8-10-17(11-9-16)21-14-23(31)29(24-20(28-21)7-4-12-26-24)15-22(30)27-19-6-3-5-18(25)13-19/h3-13H,2,14-15H2,1H3,(H,27,30). The highest BCUT2D eigenvalue weighted by Crippen LogP contribution is 2.30. The number of aryl methyl sites for hydroxylation is 1. The van der Waals surface area contributed by atoms with Gasteiger partial charge in [-0.25, -0.2) is 14.4 Å². The number of aromatic nitrogens is 1. The molecule has 156 valence electrons. The van der Waals surface area contributed by atoms with Gasteiger partial charge in [-0.05, 0) is 47.9 Å². The maximum Gasteiger partial charge on any atom is 0.244 e. The van der Waals surface area contributed by atoms with Crippen LogP contribution in [-0.4, -0.2) is 29.1 Å². The molecule has 0 saturated heterocycles. The summed E-state index contributed by atoms with van der Waals surface area (Å²) in [6.45, 7) is 1.83. The summed E-state index contributed by atoms with van der Waals surface area (Å²) in [5, 5.41) is 2.62. The van der Waals surface area contributed by atoms with Crippen molar-refractivity contribution in [1.29, 1.82) is 0 Å². The number of benzene rings is 2. The largest absolute Gasteiger partial charge is 0.324 e. The van der Waals surface area contributed by atoms with Gasteiger partial charge in [0.15, 0.2) is 5.82 Å². The predicted molar refractivity (Wildman–Crippen MR) is 118 cm³/mol. The topological polar surface area (TPSA) is 74.7 Å². The summed E-state index contributed by atoms with van der Waals surface area (Å²) >= 11 is 0. The number of hydrogen-bond acceptors (Lipinski definition) is 4. The van der Waals surface area contributed by atoms with Gasteiger partial charge in [0, 0.05) is 11.9 Å². The summed E-state index contributed by atoms with van der Waals surface area (Å²) in [5.74, 6) is -0.874. The van der Waals surface area contributed by atoms with Crippen molar-refractivity contribution >= 4 is 34.7 Å². The molecule has 6 nitrogen and oxygen atoms in total. The molecule has 2 heterocycles. The van der Waals surface area contributed by atoms with Crippen LogP contribution in [0.4, 0.5) is 21.6 Å². The fraction of sp³-hybridized carbons (Fsp3) is 0.167. The third kappa shape index (κ3) is 4.66. The number of pyridine rings is 1. The second-order valence-electron chi connectivity index (χ2n) is 7.17. The van der Waals surface area contributed by atoms with Crippen LogP contribution in [0, 0.1) is 5.82 Å². The lowest BCUT2D eigenvalue weighted by Gasteiger charge is -2.20. The normalized spacial score (nSPS) is 13.3. The van der Waals surface area contributed by atoms with Crippen molar-refractivity contribution < 1.29 is 14.0 Å². The average molecular weight is 416 g/mol. The van der Waals surface area contributed by atoms with Gasteiger partial charge in [0.1, 0.15) is 18.0 Å². The van der Waals surface area contributed by atoms with Crippen LogP contribution in [0.25, 0.3) is 0 Å². The zero-order valence-electron chi connectivity index (χ0n) is 17.0. The molecule has 0 saturated carbocycles. The van der Waals surface area contributed by atoms with Gasteiger partial charge < -0.3 is 5.32 Å². The molecule has 0 radical (unpaired) electrons. The van der Waals surface area contributed by atoms with Crippen molar-refractivity contribution in [3.8, 4) is 0 Å². The van der Waals surface area contributed by atoms with Gasteiger partial charge in [-0.2, -0.15) is 0 Å². The molecule has 7 heteroatoms. The summed E-state index contributed by atoms with van der Waals surface area (Å²) < 4.78 is 13.4. The van der Waals surface area contributed by atoms with Gasteiger partial charge in [-0.15, -0.1) is 0 Å². The molecule has 0 fully saturated rings. The van der Waals surface area contributed by atoms with E-state index in [1.807, 2.05) is 24.3 Å². The molecule has 0 spiro atoms. The SMILES string of the molecule is CCc1ccc(C2=Nc3cccnc3N(CC(=O)Nc3cccc(F)c3)C(=O)C2)cc1. The van der Waals surface area contributed by atoms with Crippen molar-refractivity contribution in [2.75, 3.05) is 16.8 Å². The Kier molecular flexibility index (Phi) is 5.84. The minimum absolute atomic E-state index is 0.0368. The number of halogens is 1. The molecule has 2 aromatic carbocycles. The molecule has 4 rings (SSSR count). The van der Waals surface area contributed by atoms with E-state index in [0.717, 1.165) is 12.0 Å². The summed E-state index contributed by atoms with van der Waals surface area (Å²) in [5.41, 5.74) is 3.51. The molecular weight excluding hydrogens is 395 g/mol. The van der Waals surface area contributed by atoms with E-state index in [4.69, 9.17) is 0 Å². The van der Waals surface area contributed by atoms with Crippen LogP contribution in [0.15, 0.2) is 71.9 Å². The zero-order chi connectivity index (χ0) is 21.8. The molecule has 31 heavy (non-hydrogen) atoms. The zero-order valence-corrected chi connectivity index (χ0v) is 17.0. The van der Waals surface area contributed by atoms with Crippen molar-refractivity contribution in [3.63, 3.8) is 0 Å². The number of carbonyl (C=O) groups is 2. The molecule has 0 unspecified atom stereocenters. The first-order valence-corrected chi connectivity index (χ1v) is 10.0. The van der Waals surface area contributed by atoms with Gasteiger partial charge in [0.05, 0.1) is 12.1 Å². The Labute approximate surface area is 179 Å². The van der Waals surface area contributed by atoms with Crippen LogP contribution in [0.1, 0.15) is 24.5 Å². The number of anilines is 2. The van der Waals surface area contributed by atoms with E-state index in [9.17, 15) is 14.0 Å². The number of rotatable bonds is 5. The molecule has 3 aromatic rings. The molecule has 1 aliphatic heterocycles. The smallest absolute Gasteiger partial charge is 0.244 e. The number of amides is 2. The van der Waals surface area contributed by atoms with Gasteiger partial charge in [-0.3, -0.25) is 14.5 Å². The number of fused-ring (bicyclic) bond motifs is 1. The lowest BCUT2D eigenvalue weighted by molar-refractivity contribution is -0.120. The Hall–Kier alpha value is -3.87. The van der Waals surface area contributed by atoms with Crippen LogP contribution >= 0.6 is 0 Å². The second-order valence-corrected chi connectivity index (χ2v) is 7.17. The molecule has 1 N–H and O–H groups in total. The van der Waals surface area contributed by atoms with Crippen LogP contribution in [0.5, 0.6) is 0 Å². The highest BCUT2D eigenvalue weighted by Gasteiger charge is 2.27. The number of hydrogen-bond donors (Lipinski definition) is 1.